The van der Waals surface area contributed by atoms with Crippen molar-refractivity contribution in [2.24, 2.45) is 0 Å². The van der Waals surface area contributed by atoms with E-state index in [1.165, 1.54) is 16.8 Å². The van der Waals surface area contributed by atoms with Gasteiger partial charge in [-0.1, -0.05) is 12.1 Å². The van der Waals surface area contributed by atoms with E-state index in [2.05, 4.69) is 20.5 Å². The number of likely N-dealkylation sites (tertiary alicyclic amines) is 1. The zero-order chi connectivity index (χ0) is 28.7. The molecule has 2 aliphatic heterocycles. The molecule has 2 aromatic carbocycles. The topological polar surface area (TPSA) is 95.7 Å². The van der Waals surface area contributed by atoms with Crippen LogP contribution in [0.4, 0.5) is 24.7 Å². The minimum atomic E-state index is -1.27. The lowest BCUT2D eigenvalue weighted by Gasteiger charge is -2.31. The Bertz CT molecular complexity index is 1600. The van der Waals surface area contributed by atoms with E-state index in [1.807, 2.05) is 29.2 Å². The molecule has 2 fully saturated rings. The molecule has 212 valence electrons. The number of halogens is 3. The molecular formula is C29H28F3N7O2. The standard InChI is InChI=1S/C29H28F3N7O2/c1-17(40)37-10-8-19(9-11-37)18-2-5-22(6-3-18)34-29(41)28-36-35-26-14-33-27(16-39(26)28)38-15-21(31)13-25(38)23-12-20(30)4-7-24(23)32/h2-7,12,14,16,19,21,25H,8-11,13,15H2,1H3,(H,34,41)/t21-,25+/m0/s1. The first-order valence-corrected chi connectivity index (χ1v) is 13.5. The fraction of sp³-hybridized carbons (Fsp3) is 0.345. The van der Waals surface area contributed by atoms with Crippen LogP contribution in [-0.4, -0.2) is 62.1 Å². The molecule has 4 heterocycles. The Hall–Kier alpha value is -4.48. The number of anilines is 2. The zero-order valence-corrected chi connectivity index (χ0v) is 22.3. The Morgan fingerprint density at radius 2 is 1.78 bits per heavy atom. The highest BCUT2D eigenvalue weighted by Crippen LogP contribution is 2.38. The van der Waals surface area contributed by atoms with Crippen molar-refractivity contribution in [3.8, 4) is 0 Å². The number of aromatic nitrogens is 4. The average molecular weight is 564 g/mol. The molecule has 12 heteroatoms. The maximum Gasteiger partial charge on any atom is 0.293 e. The van der Waals surface area contributed by atoms with Crippen LogP contribution < -0.4 is 10.2 Å². The van der Waals surface area contributed by atoms with Gasteiger partial charge in [-0.2, -0.15) is 0 Å². The largest absolute Gasteiger partial charge is 0.345 e. The van der Waals surface area contributed by atoms with Gasteiger partial charge in [0, 0.05) is 37.7 Å². The molecular weight excluding hydrogens is 535 g/mol. The van der Waals surface area contributed by atoms with Crippen molar-refractivity contribution in [1.82, 2.24) is 24.5 Å². The molecule has 2 saturated heterocycles. The number of benzene rings is 2. The van der Waals surface area contributed by atoms with Gasteiger partial charge < -0.3 is 15.1 Å². The van der Waals surface area contributed by atoms with E-state index >= 15 is 0 Å². The molecule has 0 bridgehead atoms. The second kappa shape index (κ2) is 10.8. The number of carbonyl (C=O) groups is 2. The molecule has 4 aromatic rings. The number of alkyl halides is 1. The maximum atomic E-state index is 14.6. The summed E-state index contributed by atoms with van der Waals surface area (Å²) in [4.78, 5) is 32.5. The summed E-state index contributed by atoms with van der Waals surface area (Å²) in [5.74, 6) is -1.04. The van der Waals surface area contributed by atoms with Gasteiger partial charge in [0.1, 0.15) is 23.6 Å². The Kier molecular flexibility index (Phi) is 7.06. The molecule has 0 saturated carbocycles. The summed E-state index contributed by atoms with van der Waals surface area (Å²) in [6, 6.07) is 9.94. The number of nitrogens with one attached hydrogen (secondary N) is 1. The number of fused-ring (bicyclic) bond motifs is 1. The van der Waals surface area contributed by atoms with Crippen molar-refractivity contribution in [1.29, 1.82) is 0 Å². The molecule has 0 unspecified atom stereocenters. The second-order valence-corrected chi connectivity index (χ2v) is 10.5. The van der Waals surface area contributed by atoms with E-state index in [9.17, 15) is 22.8 Å². The van der Waals surface area contributed by atoms with Crippen molar-refractivity contribution in [3.05, 3.63) is 83.4 Å². The number of hydrogen-bond acceptors (Lipinski definition) is 6. The van der Waals surface area contributed by atoms with Gasteiger partial charge in [-0.3, -0.25) is 14.0 Å². The van der Waals surface area contributed by atoms with Gasteiger partial charge in [0.2, 0.25) is 11.7 Å². The maximum absolute atomic E-state index is 14.6. The second-order valence-electron chi connectivity index (χ2n) is 10.5. The summed E-state index contributed by atoms with van der Waals surface area (Å²) in [6.07, 6.45) is 3.38. The first-order chi connectivity index (χ1) is 19.8. The Labute approximate surface area is 234 Å². The van der Waals surface area contributed by atoms with Crippen LogP contribution in [0.3, 0.4) is 0 Å². The normalized spacial score (nSPS) is 19.6. The number of amides is 2. The van der Waals surface area contributed by atoms with Crippen molar-refractivity contribution in [2.75, 3.05) is 29.9 Å². The molecule has 6 rings (SSSR count). The van der Waals surface area contributed by atoms with Gasteiger partial charge >= 0.3 is 0 Å². The van der Waals surface area contributed by atoms with Gasteiger partial charge in [0.25, 0.3) is 5.91 Å². The summed E-state index contributed by atoms with van der Waals surface area (Å²) in [5, 5.41) is 10.9. The monoisotopic (exact) mass is 563 g/mol. The smallest absolute Gasteiger partial charge is 0.293 e. The van der Waals surface area contributed by atoms with Crippen LogP contribution in [0.25, 0.3) is 5.65 Å². The molecule has 9 nitrogen and oxygen atoms in total. The van der Waals surface area contributed by atoms with E-state index in [1.54, 1.807) is 11.8 Å². The van der Waals surface area contributed by atoms with Crippen LogP contribution in [-0.2, 0) is 4.79 Å². The van der Waals surface area contributed by atoms with Crippen molar-refractivity contribution >= 4 is 29.0 Å². The Balaban J connectivity index is 1.20. The average Bonchev–Trinajstić information content (AvgIpc) is 3.58. The lowest BCUT2D eigenvalue weighted by Crippen LogP contribution is -2.36. The summed E-state index contributed by atoms with van der Waals surface area (Å²) >= 11 is 0. The molecule has 0 radical (unpaired) electrons. The molecule has 2 aliphatic rings. The summed E-state index contributed by atoms with van der Waals surface area (Å²) in [6.45, 7) is 2.99. The third kappa shape index (κ3) is 5.33. The van der Waals surface area contributed by atoms with Crippen molar-refractivity contribution in [3.63, 3.8) is 0 Å². The van der Waals surface area contributed by atoms with Gasteiger partial charge in [0.15, 0.2) is 5.65 Å². The Morgan fingerprint density at radius 3 is 2.51 bits per heavy atom. The number of nitrogens with zero attached hydrogens (tertiary/aromatic N) is 6. The first-order valence-electron chi connectivity index (χ1n) is 13.5. The van der Waals surface area contributed by atoms with E-state index in [4.69, 9.17) is 0 Å². The highest BCUT2D eigenvalue weighted by Gasteiger charge is 2.36. The van der Waals surface area contributed by atoms with Crippen LogP contribution in [0.2, 0.25) is 0 Å². The minimum Gasteiger partial charge on any atom is -0.345 e. The molecule has 41 heavy (non-hydrogen) atoms. The van der Waals surface area contributed by atoms with E-state index in [0.717, 1.165) is 49.7 Å². The van der Waals surface area contributed by atoms with Crippen LogP contribution in [0.5, 0.6) is 0 Å². The minimum absolute atomic E-state index is 0.00573. The molecule has 2 aromatic heterocycles. The molecule has 0 aliphatic carbocycles. The third-order valence-electron chi connectivity index (χ3n) is 7.92. The van der Waals surface area contributed by atoms with E-state index in [0.29, 0.717) is 17.3 Å². The van der Waals surface area contributed by atoms with Crippen molar-refractivity contribution in [2.45, 2.75) is 44.3 Å². The zero-order valence-electron chi connectivity index (χ0n) is 22.3. The van der Waals surface area contributed by atoms with Crippen LogP contribution in [0.1, 0.15) is 59.9 Å². The van der Waals surface area contributed by atoms with Crippen molar-refractivity contribution < 1.29 is 22.8 Å². The molecule has 0 spiro atoms. The fourth-order valence-corrected chi connectivity index (χ4v) is 5.75. The van der Waals surface area contributed by atoms with E-state index < -0.39 is 29.8 Å². The SMILES string of the molecule is CC(=O)N1CCC(c2ccc(NC(=O)c3nnc4cnc(N5C[C@@H](F)C[C@@H]5c5cc(F)ccc5F)cn34)cc2)CC1. The van der Waals surface area contributed by atoms with Crippen LogP contribution >= 0.6 is 0 Å². The first kappa shape index (κ1) is 26.7. The van der Waals surface area contributed by atoms with Crippen LogP contribution in [0.15, 0.2) is 54.9 Å². The Morgan fingerprint density at radius 1 is 1.02 bits per heavy atom. The lowest BCUT2D eigenvalue weighted by molar-refractivity contribution is -0.129. The number of piperidine rings is 1. The quantitative estimate of drug-likeness (QED) is 0.379. The number of rotatable bonds is 5. The number of hydrogen-bond donors (Lipinski definition) is 1. The summed E-state index contributed by atoms with van der Waals surface area (Å²) in [7, 11) is 0. The summed E-state index contributed by atoms with van der Waals surface area (Å²) < 4.78 is 44.4. The van der Waals surface area contributed by atoms with Gasteiger partial charge in [0.05, 0.1) is 25.0 Å². The lowest BCUT2D eigenvalue weighted by atomic mass is 9.89. The summed E-state index contributed by atoms with van der Waals surface area (Å²) in [5.41, 5.74) is 2.07. The van der Waals surface area contributed by atoms with Crippen LogP contribution in [0, 0.1) is 11.6 Å². The molecule has 2 amide bonds. The third-order valence-corrected chi connectivity index (χ3v) is 7.92. The van der Waals surface area contributed by atoms with Gasteiger partial charge in [-0.05, 0) is 54.7 Å². The highest BCUT2D eigenvalue weighted by molar-refractivity contribution is 6.02. The number of carbonyl (C=O) groups excluding carboxylic acids is 2. The molecule has 2 atom stereocenters. The predicted molar refractivity (Wildman–Crippen MR) is 145 cm³/mol. The fourth-order valence-electron chi connectivity index (χ4n) is 5.75. The highest BCUT2D eigenvalue weighted by atomic mass is 19.1. The predicted octanol–water partition coefficient (Wildman–Crippen LogP) is 4.67. The van der Waals surface area contributed by atoms with Gasteiger partial charge in [-0.15, -0.1) is 10.2 Å². The van der Waals surface area contributed by atoms with Gasteiger partial charge in [-0.25, -0.2) is 18.2 Å². The molecule has 1 N–H and O–H groups in total. The van der Waals surface area contributed by atoms with E-state index in [-0.39, 0.29) is 36.1 Å².